The number of aryl methyl sites for hydroxylation is 1. The molecule has 2 aromatic carbocycles. The predicted molar refractivity (Wildman–Crippen MR) is 86.8 cm³/mol. The van der Waals surface area contributed by atoms with E-state index in [9.17, 15) is 9.59 Å². The summed E-state index contributed by atoms with van der Waals surface area (Å²) in [6.07, 6.45) is 0. The molecule has 2 amide bonds. The maximum atomic E-state index is 12.0. The number of urea groups is 1. The van der Waals surface area contributed by atoms with E-state index in [2.05, 4.69) is 10.6 Å². The molecule has 0 saturated carbocycles. The largest absolute Gasteiger partial charge is 0.497 e. The van der Waals surface area contributed by atoms with Gasteiger partial charge in [0.1, 0.15) is 5.75 Å². The van der Waals surface area contributed by atoms with Crippen LogP contribution in [-0.4, -0.2) is 18.9 Å². The predicted octanol–water partition coefficient (Wildman–Crippen LogP) is 3.85. The van der Waals surface area contributed by atoms with Crippen LogP contribution in [0.1, 0.15) is 22.8 Å². The zero-order chi connectivity index (χ0) is 16.1. The highest BCUT2D eigenvalue weighted by Crippen LogP contribution is 2.21. The van der Waals surface area contributed by atoms with Crippen molar-refractivity contribution < 1.29 is 14.3 Å². The fourth-order valence-corrected chi connectivity index (χ4v) is 1.98. The Morgan fingerprint density at radius 2 is 1.68 bits per heavy atom. The summed E-state index contributed by atoms with van der Waals surface area (Å²) < 4.78 is 5.13. The topological polar surface area (TPSA) is 67.4 Å². The van der Waals surface area contributed by atoms with Crippen molar-refractivity contribution in [3.63, 3.8) is 0 Å². The Morgan fingerprint density at radius 1 is 1.00 bits per heavy atom. The van der Waals surface area contributed by atoms with Crippen molar-refractivity contribution in [2.24, 2.45) is 0 Å². The van der Waals surface area contributed by atoms with Crippen LogP contribution in [0, 0.1) is 6.92 Å². The molecule has 114 valence electrons. The fraction of sp³-hybridized carbons (Fsp3) is 0.176. The first-order valence-corrected chi connectivity index (χ1v) is 6.83. The minimum atomic E-state index is -0.344. The van der Waals surface area contributed by atoms with Crippen molar-refractivity contribution in [1.29, 1.82) is 0 Å². The molecule has 2 aromatic rings. The molecule has 22 heavy (non-hydrogen) atoms. The van der Waals surface area contributed by atoms with Gasteiger partial charge in [-0.2, -0.15) is 0 Å². The lowest BCUT2D eigenvalue weighted by Crippen LogP contribution is -2.20. The summed E-state index contributed by atoms with van der Waals surface area (Å²) >= 11 is 0. The highest BCUT2D eigenvalue weighted by atomic mass is 16.5. The molecule has 0 aromatic heterocycles. The van der Waals surface area contributed by atoms with E-state index in [0.29, 0.717) is 16.9 Å². The Balaban J connectivity index is 2.02. The Morgan fingerprint density at radius 3 is 2.23 bits per heavy atom. The first kappa shape index (κ1) is 15.6. The molecule has 0 bridgehead atoms. The second-order valence-electron chi connectivity index (χ2n) is 4.89. The Bertz CT molecular complexity index is 694. The molecular formula is C17H18N2O3. The van der Waals surface area contributed by atoms with Crippen LogP contribution < -0.4 is 15.4 Å². The molecule has 2 N–H and O–H groups in total. The van der Waals surface area contributed by atoms with Crippen LogP contribution in [0.4, 0.5) is 16.2 Å². The van der Waals surface area contributed by atoms with E-state index in [4.69, 9.17) is 4.74 Å². The molecule has 5 nitrogen and oxygen atoms in total. The van der Waals surface area contributed by atoms with Crippen LogP contribution in [0.15, 0.2) is 42.5 Å². The van der Waals surface area contributed by atoms with Gasteiger partial charge in [-0.3, -0.25) is 4.79 Å². The van der Waals surface area contributed by atoms with Crippen molar-refractivity contribution in [3.8, 4) is 5.75 Å². The van der Waals surface area contributed by atoms with Crippen molar-refractivity contribution in [3.05, 3.63) is 53.6 Å². The number of hydrogen-bond acceptors (Lipinski definition) is 3. The van der Waals surface area contributed by atoms with E-state index >= 15 is 0 Å². The van der Waals surface area contributed by atoms with Gasteiger partial charge in [0.25, 0.3) is 0 Å². The van der Waals surface area contributed by atoms with E-state index < -0.39 is 0 Å². The van der Waals surface area contributed by atoms with Gasteiger partial charge in [-0.25, -0.2) is 4.79 Å². The standard InChI is InChI=1S/C17H18N2O3/c1-11-10-15(22-3)8-9-16(11)19-17(21)18-14-6-4-13(5-7-14)12(2)20/h4-10H,1-3H3,(H2,18,19,21). The number of nitrogens with one attached hydrogen (secondary N) is 2. The number of ketones is 1. The lowest BCUT2D eigenvalue weighted by atomic mass is 10.1. The number of ether oxygens (including phenoxy) is 1. The minimum absolute atomic E-state index is 0.00939. The van der Waals surface area contributed by atoms with Gasteiger partial charge in [-0.05, 0) is 61.9 Å². The van der Waals surface area contributed by atoms with Crippen molar-refractivity contribution in [1.82, 2.24) is 0 Å². The molecule has 5 heteroatoms. The molecule has 0 atom stereocenters. The molecule has 0 unspecified atom stereocenters. The lowest BCUT2D eigenvalue weighted by molar-refractivity contribution is 0.101. The van der Waals surface area contributed by atoms with Crippen LogP contribution in [0.5, 0.6) is 5.75 Å². The Labute approximate surface area is 129 Å². The van der Waals surface area contributed by atoms with Gasteiger partial charge in [0, 0.05) is 16.9 Å². The first-order chi connectivity index (χ1) is 10.5. The average molecular weight is 298 g/mol. The van der Waals surface area contributed by atoms with E-state index in [-0.39, 0.29) is 11.8 Å². The zero-order valence-electron chi connectivity index (χ0n) is 12.8. The summed E-state index contributed by atoms with van der Waals surface area (Å²) in [5.74, 6) is 0.730. The van der Waals surface area contributed by atoms with E-state index in [1.807, 2.05) is 13.0 Å². The number of methoxy groups -OCH3 is 1. The van der Waals surface area contributed by atoms with Gasteiger partial charge in [-0.15, -0.1) is 0 Å². The molecule has 0 saturated heterocycles. The summed E-state index contributed by atoms with van der Waals surface area (Å²) in [5, 5.41) is 5.49. The molecule has 2 rings (SSSR count). The number of amides is 2. The molecular weight excluding hydrogens is 280 g/mol. The number of Topliss-reactive ketones (excluding diaryl/α,β-unsaturated/α-hetero) is 1. The third kappa shape index (κ3) is 3.85. The monoisotopic (exact) mass is 298 g/mol. The van der Waals surface area contributed by atoms with Gasteiger partial charge in [0.2, 0.25) is 0 Å². The maximum absolute atomic E-state index is 12.0. The molecule has 0 aliphatic rings. The highest BCUT2D eigenvalue weighted by molar-refractivity contribution is 6.01. The van der Waals surface area contributed by atoms with Gasteiger partial charge < -0.3 is 15.4 Å². The molecule has 0 fully saturated rings. The summed E-state index contributed by atoms with van der Waals surface area (Å²) in [4.78, 5) is 23.2. The number of anilines is 2. The molecule has 0 heterocycles. The van der Waals surface area contributed by atoms with Gasteiger partial charge in [-0.1, -0.05) is 0 Å². The Hall–Kier alpha value is -2.82. The summed E-state index contributed by atoms with van der Waals surface area (Å²) in [5.41, 5.74) is 2.84. The minimum Gasteiger partial charge on any atom is -0.497 e. The maximum Gasteiger partial charge on any atom is 0.323 e. The third-order valence-corrected chi connectivity index (χ3v) is 3.23. The summed E-state index contributed by atoms with van der Waals surface area (Å²) in [6.45, 7) is 3.39. The number of rotatable bonds is 4. The van der Waals surface area contributed by atoms with Crippen LogP contribution in [0.3, 0.4) is 0 Å². The van der Waals surface area contributed by atoms with Crippen LogP contribution in [-0.2, 0) is 0 Å². The number of hydrogen-bond donors (Lipinski definition) is 2. The highest BCUT2D eigenvalue weighted by Gasteiger charge is 2.06. The molecule has 0 spiro atoms. The SMILES string of the molecule is COc1ccc(NC(=O)Nc2ccc(C(C)=O)cc2)c(C)c1. The third-order valence-electron chi connectivity index (χ3n) is 3.23. The van der Waals surface area contributed by atoms with Crippen LogP contribution in [0.25, 0.3) is 0 Å². The van der Waals surface area contributed by atoms with E-state index in [1.54, 1.807) is 43.5 Å². The van der Waals surface area contributed by atoms with Crippen molar-refractivity contribution in [2.75, 3.05) is 17.7 Å². The lowest BCUT2D eigenvalue weighted by Gasteiger charge is -2.11. The number of carbonyl (C=O) groups is 2. The second-order valence-corrected chi connectivity index (χ2v) is 4.89. The smallest absolute Gasteiger partial charge is 0.323 e. The summed E-state index contributed by atoms with van der Waals surface area (Å²) in [7, 11) is 1.60. The summed E-state index contributed by atoms with van der Waals surface area (Å²) in [6, 6.07) is 11.8. The average Bonchev–Trinajstić information content (AvgIpc) is 2.49. The second kappa shape index (κ2) is 6.76. The quantitative estimate of drug-likeness (QED) is 0.842. The van der Waals surface area contributed by atoms with Gasteiger partial charge in [0.15, 0.2) is 5.78 Å². The molecule has 0 radical (unpaired) electrons. The normalized spacial score (nSPS) is 9.95. The van der Waals surface area contributed by atoms with Gasteiger partial charge >= 0.3 is 6.03 Å². The first-order valence-electron chi connectivity index (χ1n) is 6.83. The van der Waals surface area contributed by atoms with Crippen LogP contribution >= 0.6 is 0 Å². The van der Waals surface area contributed by atoms with E-state index in [0.717, 1.165) is 11.3 Å². The molecule has 0 aliphatic heterocycles. The number of benzene rings is 2. The number of carbonyl (C=O) groups excluding carboxylic acids is 2. The van der Waals surface area contributed by atoms with E-state index in [1.165, 1.54) is 6.92 Å². The fourth-order valence-electron chi connectivity index (χ4n) is 1.98. The Kier molecular flexibility index (Phi) is 4.78. The molecule has 0 aliphatic carbocycles. The van der Waals surface area contributed by atoms with Crippen LogP contribution in [0.2, 0.25) is 0 Å². The van der Waals surface area contributed by atoms with Crippen molar-refractivity contribution >= 4 is 23.2 Å². The zero-order valence-corrected chi connectivity index (χ0v) is 12.8. The van der Waals surface area contributed by atoms with Crippen molar-refractivity contribution in [2.45, 2.75) is 13.8 Å². The van der Waals surface area contributed by atoms with Gasteiger partial charge in [0.05, 0.1) is 7.11 Å².